The Morgan fingerprint density at radius 2 is 2.14 bits per heavy atom. The molecule has 0 amide bonds. The third-order valence-corrected chi connectivity index (χ3v) is 4.82. The van der Waals surface area contributed by atoms with Crippen molar-refractivity contribution in [2.75, 3.05) is 20.0 Å². The molecule has 1 aromatic carbocycles. The molecule has 5 nitrogen and oxygen atoms in total. The van der Waals surface area contributed by atoms with Crippen LogP contribution >= 0.6 is 11.6 Å². The number of methoxy groups -OCH3 is 1. The highest BCUT2D eigenvalue weighted by atomic mass is 35.5. The van der Waals surface area contributed by atoms with E-state index in [-0.39, 0.29) is 16.8 Å². The number of nitrogens with zero attached hydrogens (tertiary/aromatic N) is 2. The minimum atomic E-state index is -3.33. The van der Waals surface area contributed by atoms with Gasteiger partial charge in [0.05, 0.1) is 16.3 Å². The minimum absolute atomic E-state index is 0.124. The first-order valence-corrected chi connectivity index (χ1v) is 9.07. The molecule has 0 fully saturated rings. The normalized spacial score (nSPS) is 13.7. The molecule has 2 rings (SSSR count). The number of benzene rings is 1. The van der Waals surface area contributed by atoms with E-state index >= 15 is 0 Å². The molecule has 1 heterocycles. The van der Waals surface area contributed by atoms with Gasteiger partial charge in [0.2, 0.25) is 0 Å². The summed E-state index contributed by atoms with van der Waals surface area (Å²) < 4.78 is 30.9. The average molecular weight is 331 g/mol. The predicted molar refractivity (Wildman–Crippen MR) is 83.6 cm³/mol. The summed E-state index contributed by atoms with van der Waals surface area (Å²) >= 11 is 5.98. The number of para-hydroxylation sites is 1. The van der Waals surface area contributed by atoms with E-state index in [4.69, 9.17) is 16.3 Å². The molecule has 116 valence electrons. The summed E-state index contributed by atoms with van der Waals surface area (Å²) in [5, 5.41) is 0. The van der Waals surface area contributed by atoms with Gasteiger partial charge >= 0.3 is 0 Å². The van der Waals surface area contributed by atoms with Crippen molar-refractivity contribution >= 4 is 32.5 Å². The molecular formula is C14H19ClN2O3S. The van der Waals surface area contributed by atoms with Crippen LogP contribution in [0.1, 0.15) is 25.2 Å². The van der Waals surface area contributed by atoms with Gasteiger partial charge in [-0.05, 0) is 25.5 Å². The maximum Gasteiger partial charge on any atom is 0.177 e. The number of sulfone groups is 1. The molecule has 0 saturated carbocycles. The number of ether oxygens (including phenoxy) is 1. The van der Waals surface area contributed by atoms with Crippen molar-refractivity contribution in [3.63, 3.8) is 0 Å². The number of imidazole rings is 1. The Kier molecular flexibility index (Phi) is 4.91. The van der Waals surface area contributed by atoms with Crippen LogP contribution < -0.4 is 0 Å². The van der Waals surface area contributed by atoms with Gasteiger partial charge in [0.15, 0.2) is 9.84 Å². The first-order valence-electron chi connectivity index (χ1n) is 6.65. The van der Waals surface area contributed by atoms with E-state index in [1.54, 1.807) is 19.2 Å². The van der Waals surface area contributed by atoms with E-state index in [0.717, 1.165) is 11.9 Å². The summed E-state index contributed by atoms with van der Waals surface area (Å²) in [6.45, 7) is 2.66. The fraction of sp³-hybridized carbons (Fsp3) is 0.500. The molecule has 0 spiro atoms. The highest BCUT2D eigenvalue weighted by Gasteiger charge is 2.20. The van der Waals surface area contributed by atoms with Crippen molar-refractivity contribution in [2.24, 2.45) is 0 Å². The second-order valence-corrected chi connectivity index (χ2v) is 7.31. The van der Waals surface area contributed by atoms with Gasteiger partial charge in [-0.15, -0.1) is 11.6 Å². The molecule has 1 atom stereocenters. The fourth-order valence-corrected chi connectivity index (χ4v) is 3.46. The van der Waals surface area contributed by atoms with Crippen LogP contribution in [0.3, 0.4) is 0 Å². The zero-order chi connectivity index (χ0) is 15.6. The second kappa shape index (κ2) is 6.34. The molecule has 2 aromatic rings. The average Bonchev–Trinajstić information content (AvgIpc) is 2.81. The van der Waals surface area contributed by atoms with Gasteiger partial charge in [-0.3, -0.25) is 0 Å². The topological polar surface area (TPSA) is 61.2 Å². The number of hydrogen-bond acceptors (Lipinski definition) is 4. The van der Waals surface area contributed by atoms with Gasteiger partial charge < -0.3 is 9.30 Å². The van der Waals surface area contributed by atoms with Crippen LogP contribution in [0.25, 0.3) is 11.0 Å². The fourth-order valence-electron chi connectivity index (χ4n) is 2.44. The van der Waals surface area contributed by atoms with Crippen LogP contribution in [-0.2, 0) is 20.5 Å². The van der Waals surface area contributed by atoms with Crippen molar-refractivity contribution < 1.29 is 13.2 Å². The Labute approximate surface area is 129 Å². The Bertz CT molecular complexity index is 740. The van der Waals surface area contributed by atoms with Crippen molar-refractivity contribution in [3.8, 4) is 0 Å². The Morgan fingerprint density at radius 1 is 1.43 bits per heavy atom. The van der Waals surface area contributed by atoms with Gasteiger partial charge in [0, 0.05) is 26.0 Å². The molecule has 0 N–H and O–H groups in total. The number of rotatable bonds is 6. The van der Waals surface area contributed by atoms with E-state index in [1.807, 2.05) is 17.6 Å². The number of aromatic nitrogens is 2. The Morgan fingerprint density at radius 3 is 2.71 bits per heavy atom. The smallest absolute Gasteiger partial charge is 0.177 e. The largest absolute Gasteiger partial charge is 0.385 e. The lowest BCUT2D eigenvalue weighted by Crippen LogP contribution is -2.10. The minimum Gasteiger partial charge on any atom is -0.385 e. The third-order valence-electron chi connectivity index (χ3n) is 3.46. The third kappa shape index (κ3) is 3.22. The standard InChI is InChI=1S/C14H19ClN2O3S/c1-10(7-8-20-2)17-11-5-4-6-12(21(3,18)19)14(11)16-13(17)9-15/h4-6,10H,7-9H2,1-3H3. The lowest BCUT2D eigenvalue weighted by atomic mass is 10.2. The van der Waals surface area contributed by atoms with Gasteiger partial charge in [-0.1, -0.05) is 6.07 Å². The summed E-state index contributed by atoms with van der Waals surface area (Å²) in [5.74, 6) is 0.904. The Balaban J connectivity index is 2.65. The molecule has 0 bridgehead atoms. The summed E-state index contributed by atoms with van der Waals surface area (Å²) in [6, 6.07) is 5.31. The van der Waals surface area contributed by atoms with Crippen LogP contribution in [0.4, 0.5) is 0 Å². The molecule has 0 saturated heterocycles. The monoisotopic (exact) mass is 330 g/mol. The first-order chi connectivity index (χ1) is 9.90. The van der Waals surface area contributed by atoms with Crippen molar-refractivity contribution in [1.82, 2.24) is 9.55 Å². The Hall–Kier alpha value is -1.11. The molecule has 1 aromatic heterocycles. The number of hydrogen-bond donors (Lipinski definition) is 0. The molecule has 0 aliphatic heterocycles. The number of halogens is 1. The van der Waals surface area contributed by atoms with Crippen molar-refractivity contribution in [2.45, 2.75) is 30.2 Å². The van der Waals surface area contributed by atoms with Gasteiger partial charge in [0.25, 0.3) is 0 Å². The van der Waals surface area contributed by atoms with Crippen LogP contribution in [0.5, 0.6) is 0 Å². The van der Waals surface area contributed by atoms with Crippen LogP contribution in [-0.4, -0.2) is 37.9 Å². The van der Waals surface area contributed by atoms with Crippen LogP contribution in [0, 0.1) is 0 Å². The summed E-state index contributed by atoms with van der Waals surface area (Å²) in [6.07, 6.45) is 1.99. The second-order valence-electron chi connectivity index (χ2n) is 5.06. The quantitative estimate of drug-likeness (QED) is 0.764. The molecule has 7 heteroatoms. The number of alkyl halides is 1. The van der Waals surface area contributed by atoms with Gasteiger partial charge in [-0.25, -0.2) is 13.4 Å². The summed E-state index contributed by atoms with van der Waals surface area (Å²) in [4.78, 5) is 4.68. The van der Waals surface area contributed by atoms with Crippen LogP contribution in [0.15, 0.2) is 23.1 Å². The van der Waals surface area contributed by atoms with Crippen molar-refractivity contribution in [3.05, 3.63) is 24.0 Å². The molecule has 21 heavy (non-hydrogen) atoms. The van der Waals surface area contributed by atoms with E-state index in [0.29, 0.717) is 17.9 Å². The molecule has 1 unspecified atom stereocenters. The first kappa shape index (κ1) is 16.3. The maximum atomic E-state index is 11.9. The van der Waals surface area contributed by atoms with E-state index in [1.165, 1.54) is 6.26 Å². The zero-order valence-electron chi connectivity index (χ0n) is 12.3. The lowest BCUT2D eigenvalue weighted by molar-refractivity contribution is 0.181. The molecule has 0 radical (unpaired) electrons. The van der Waals surface area contributed by atoms with E-state index < -0.39 is 9.84 Å². The highest BCUT2D eigenvalue weighted by Crippen LogP contribution is 2.28. The van der Waals surface area contributed by atoms with Crippen LogP contribution in [0.2, 0.25) is 0 Å². The predicted octanol–water partition coefficient (Wildman–Crippen LogP) is 2.78. The maximum absolute atomic E-state index is 11.9. The zero-order valence-corrected chi connectivity index (χ0v) is 13.9. The van der Waals surface area contributed by atoms with E-state index in [9.17, 15) is 8.42 Å². The van der Waals surface area contributed by atoms with Gasteiger partial charge in [0.1, 0.15) is 11.3 Å². The van der Waals surface area contributed by atoms with E-state index in [2.05, 4.69) is 4.98 Å². The molecule has 0 aliphatic rings. The molecule has 0 aliphatic carbocycles. The lowest BCUT2D eigenvalue weighted by Gasteiger charge is -2.16. The SMILES string of the molecule is COCCC(C)n1c(CCl)nc2c(S(C)(=O)=O)cccc21. The summed E-state index contributed by atoms with van der Waals surface area (Å²) in [7, 11) is -1.67. The molecular weight excluding hydrogens is 312 g/mol. The summed E-state index contributed by atoms with van der Waals surface area (Å²) in [5.41, 5.74) is 1.28. The van der Waals surface area contributed by atoms with Gasteiger partial charge in [-0.2, -0.15) is 0 Å². The van der Waals surface area contributed by atoms with Crippen molar-refractivity contribution in [1.29, 1.82) is 0 Å². The highest BCUT2D eigenvalue weighted by molar-refractivity contribution is 7.91. The number of fused-ring (bicyclic) bond motifs is 1.